The number of aromatic nitrogens is 1. The lowest BCUT2D eigenvalue weighted by Gasteiger charge is -1.94. The molecule has 0 unspecified atom stereocenters. The van der Waals surface area contributed by atoms with Gasteiger partial charge in [-0.05, 0) is 22.0 Å². The maximum absolute atomic E-state index is 8.96. The highest BCUT2D eigenvalue weighted by Gasteiger charge is 2.00. The van der Waals surface area contributed by atoms with Crippen LogP contribution >= 0.6 is 27.5 Å². The van der Waals surface area contributed by atoms with E-state index in [0.29, 0.717) is 4.47 Å². The van der Waals surface area contributed by atoms with Crippen LogP contribution in [0.25, 0.3) is 0 Å². The highest BCUT2D eigenvalue weighted by atomic mass is 79.9. The van der Waals surface area contributed by atoms with Gasteiger partial charge in [-0.1, -0.05) is 11.6 Å². The first-order valence-corrected chi connectivity index (χ1v) is 3.38. The van der Waals surface area contributed by atoms with E-state index in [0.717, 1.165) is 0 Å². The van der Waals surface area contributed by atoms with Gasteiger partial charge >= 0.3 is 0 Å². The molecule has 0 aliphatic rings. The topological polar surface area (TPSA) is 33.1 Å². The van der Waals surface area contributed by atoms with E-state index in [9.17, 15) is 0 Å². The van der Waals surface area contributed by atoms with Crippen molar-refractivity contribution >= 4 is 27.5 Å². The third-order valence-electron chi connectivity index (χ3n) is 0.830. The van der Waals surface area contributed by atoms with E-state index in [1.165, 1.54) is 6.20 Å². The Bertz CT molecular complexity index is 208. The molecule has 1 aromatic rings. The highest BCUT2D eigenvalue weighted by Crippen LogP contribution is 2.28. The fourth-order valence-corrected chi connectivity index (χ4v) is 0.985. The predicted octanol–water partition coefficient (Wildman–Crippen LogP) is 2.20. The number of hydrogen-bond donors (Lipinski definition) is 1. The van der Waals surface area contributed by atoms with Gasteiger partial charge < -0.3 is 5.11 Å². The minimum absolute atomic E-state index is 0.0147. The molecule has 0 spiro atoms. The quantitative estimate of drug-likeness (QED) is 0.663. The van der Waals surface area contributed by atoms with Crippen molar-refractivity contribution in [2.24, 2.45) is 0 Å². The lowest BCUT2D eigenvalue weighted by molar-refractivity contribution is 0.469. The summed E-state index contributed by atoms with van der Waals surface area (Å²) in [6.07, 6.45) is 1.51. The Hall–Kier alpha value is -0.280. The lowest BCUT2D eigenvalue weighted by atomic mass is 10.5. The maximum atomic E-state index is 8.96. The van der Waals surface area contributed by atoms with Crippen LogP contribution in [0.3, 0.4) is 0 Å². The minimum Gasteiger partial charge on any atom is -0.504 e. The van der Waals surface area contributed by atoms with Crippen LogP contribution in [0.1, 0.15) is 0 Å². The number of halogens is 2. The molecule has 1 rings (SSSR count). The van der Waals surface area contributed by atoms with Crippen LogP contribution in [0, 0.1) is 0 Å². The monoisotopic (exact) mass is 207 g/mol. The van der Waals surface area contributed by atoms with Gasteiger partial charge in [0.15, 0.2) is 10.9 Å². The third-order valence-corrected chi connectivity index (χ3v) is 1.75. The molecular weight excluding hydrogens is 205 g/mol. The average molecular weight is 208 g/mol. The Balaban J connectivity index is 3.25. The van der Waals surface area contributed by atoms with E-state index in [1.54, 1.807) is 6.07 Å². The van der Waals surface area contributed by atoms with Crippen molar-refractivity contribution in [2.45, 2.75) is 0 Å². The van der Waals surface area contributed by atoms with Gasteiger partial charge in [0.1, 0.15) is 0 Å². The lowest BCUT2D eigenvalue weighted by Crippen LogP contribution is -1.74. The summed E-state index contributed by atoms with van der Waals surface area (Å²) in [7, 11) is 0. The second-order valence-corrected chi connectivity index (χ2v) is 2.64. The number of nitrogens with zero attached hydrogens (tertiary/aromatic N) is 1. The first-order chi connectivity index (χ1) is 4.22. The Labute approximate surface area is 65.6 Å². The fraction of sp³-hybridized carbons (Fsp3) is 0. The van der Waals surface area contributed by atoms with Gasteiger partial charge in [-0.2, -0.15) is 0 Å². The maximum Gasteiger partial charge on any atom is 0.172 e. The molecule has 9 heavy (non-hydrogen) atoms. The molecule has 4 heteroatoms. The fourth-order valence-electron chi connectivity index (χ4n) is 0.407. The average Bonchev–Trinajstić information content (AvgIpc) is 1.83. The van der Waals surface area contributed by atoms with Crippen LogP contribution in [0.15, 0.2) is 16.7 Å². The summed E-state index contributed by atoms with van der Waals surface area (Å²) in [6.45, 7) is 0. The van der Waals surface area contributed by atoms with E-state index in [4.69, 9.17) is 16.7 Å². The second-order valence-electron chi connectivity index (χ2n) is 1.43. The normalized spacial score (nSPS) is 9.56. The van der Waals surface area contributed by atoms with E-state index in [1.807, 2.05) is 0 Å². The molecule has 48 valence electrons. The van der Waals surface area contributed by atoms with Gasteiger partial charge in [0.2, 0.25) is 0 Å². The summed E-state index contributed by atoms with van der Waals surface area (Å²) < 4.78 is 0.558. The van der Waals surface area contributed by atoms with Crippen molar-refractivity contribution in [2.75, 3.05) is 0 Å². The zero-order valence-electron chi connectivity index (χ0n) is 4.31. The largest absolute Gasteiger partial charge is 0.504 e. The minimum atomic E-state index is -0.0147. The summed E-state index contributed by atoms with van der Waals surface area (Å²) in [5.74, 6) is -0.0147. The number of hydrogen-bond acceptors (Lipinski definition) is 2. The van der Waals surface area contributed by atoms with Gasteiger partial charge in [0.25, 0.3) is 0 Å². The SMILES string of the molecule is Oc1c(Br)ccnc1Cl. The van der Waals surface area contributed by atoms with Gasteiger partial charge in [0.05, 0.1) is 4.47 Å². The molecule has 0 aliphatic heterocycles. The number of pyridine rings is 1. The van der Waals surface area contributed by atoms with E-state index >= 15 is 0 Å². The Morgan fingerprint density at radius 3 is 2.78 bits per heavy atom. The molecule has 0 radical (unpaired) electrons. The van der Waals surface area contributed by atoms with Crippen molar-refractivity contribution in [1.29, 1.82) is 0 Å². The first-order valence-electron chi connectivity index (χ1n) is 2.21. The molecule has 1 heterocycles. The van der Waals surface area contributed by atoms with Crippen molar-refractivity contribution in [3.05, 3.63) is 21.9 Å². The van der Waals surface area contributed by atoms with Crippen LogP contribution in [0.5, 0.6) is 5.75 Å². The molecule has 0 saturated heterocycles. The van der Waals surface area contributed by atoms with Crippen LogP contribution in [0.4, 0.5) is 0 Å². The van der Waals surface area contributed by atoms with Gasteiger partial charge in [0, 0.05) is 6.20 Å². The van der Waals surface area contributed by atoms with Crippen molar-refractivity contribution < 1.29 is 5.11 Å². The number of rotatable bonds is 0. The second kappa shape index (κ2) is 2.54. The molecule has 0 aliphatic carbocycles. The van der Waals surface area contributed by atoms with Crippen molar-refractivity contribution in [3.8, 4) is 5.75 Å². The Kier molecular flexibility index (Phi) is 1.93. The molecule has 0 aromatic carbocycles. The van der Waals surface area contributed by atoms with E-state index in [2.05, 4.69) is 20.9 Å². The molecular formula is C5H3BrClNO. The molecule has 1 aromatic heterocycles. The molecule has 0 amide bonds. The standard InChI is InChI=1S/C5H3BrClNO/c6-3-1-2-8-5(7)4(3)9/h1-2,9H. The molecule has 0 bridgehead atoms. The van der Waals surface area contributed by atoms with Crippen LogP contribution in [-0.4, -0.2) is 10.1 Å². The first kappa shape index (κ1) is 6.83. The van der Waals surface area contributed by atoms with Gasteiger partial charge in [-0.15, -0.1) is 0 Å². The summed E-state index contributed by atoms with van der Waals surface area (Å²) in [4.78, 5) is 3.62. The van der Waals surface area contributed by atoms with Crippen LogP contribution < -0.4 is 0 Å². The molecule has 0 atom stereocenters. The van der Waals surface area contributed by atoms with Crippen LogP contribution in [-0.2, 0) is 0 Å². The van der Waals surface area contributed by atoms with E-state index < -0.39 is 0 Å². The molecule has 2 nitrogen and oxygen atoms in total. The van der Waals surface area contributed by atoms with Crippen LogP contribution in [0.2, 0.25) is 5.15 Å². The Morgan fingerprint density at radius 1 is 1.67 bits per heavy atom. The molecule has 0 saturated carbocycles. The third kappa shape index (κ3) is 1.34. The molecule has 0 fully saturated rings. The zero-order valence-corrected chi connectivity index (χ0v) is 6.65. The summed E-state index contributed by atoms with van der Waals surface area (Å²) in [5, 5.41) is 9.08. The van der Waals surface area contributed by atoms with E-state index in [-0.39, 0.29) is 10.9 Å². The van der Waals surface area contributed by atoms with Gasteiger partial charge in [-0.3, -0.25) is 0 Å². The molecule has 1 N–H and O–H groups in total. The van der Waals surface area contributed by atoms with Gasteiger partial charge in [-0.25, -0.2) is 4.98 Å². The van der Waals surface area contributed by atoms with Crippen molar-refractivity contribution in [3.63, 3.8) is 0 Å². The Morgan fingerprint density at radius 2 is 2.33 bits per heavy atom. The summed E-state index contributed by atoms with van der Waals surface area (Å²) in [5.41, 5.74) is 0. The van der Waals surface area contributed by atoms with Crippen molar-refractivity contribution in [1.82, 2.24) is 4.98 Å². The number of aromatic hydroxyl groups is 1. The summed E-state index contributed by atoms with van der Waals surface area (Å²) >= 11 is 8.49. The smallest absolute Gasteiger partial charge is 0.172 e. The zero-order chi connectivity index (χ0) is 6.85. The predicted molar refractivity (Wildman–Crippen MR) is 38.6 cm³/mol. The summed E-state index contributed by atoms with van der Waals surface area (Å²) in [6, 6.07) is 1.61. The highest BCUT2D eigenvalue weighted by molar-refractivity contribution is 9.10.